The summed E-state index contributed by atoms with van der Waals surface area (Å²) < 4.78 is 5.41. The van der Waals surface area contributed by atoms with Gasteiger partial charge in [0, 0.05) is 17.8 Å². The number of ether oxygens (including phenoxy) is 1. The van der Waals surface area contributed by atoms with Gasteiger partial charge >= 0.3 is 0 Å². The van der Waals surface area contributed by atoms with Gasteiger partial charge in [-0.2, -0.15) is 0 Å². The number of nitrogens with zero attached hydrogens (tertiary/aromatic N) is 1. The molecule has 1 N–H and O–H groups in total. The van der Waals surface area contributed by atoms with Gasteiger partial charge in [0.25, 0.3) is 11.6 Å². The van der Waals surface area contributed by atoms with Crippen LogP contribution in [0.2, 0.25) is 0 Å². The van der Waals surface area contributed by atoms with Crippen molar-refractivity contribution in [3.05, 3.63) is 89.0 Å². The molecule has 0 aromatic heterocycles. The van der Waals surface area contributed by atoms with Gasteiger partial charge in [0.15, 0.2) is 6.61 Å². The number of non-ortho nitro benzene ring substituents is 1. The number of hydrogen-bond acceptors (Lipinski definition) is 4. The van der Waals surface area contributed by atoms with Gasteiger partial charge in [0.05, 0.1) is 4.92 Å². The zero-order chi connectivity index (χ0) is 18.4. The summed E-state index contributed by atoms with van der Waals surface area (Å²) in [6.07, 6.45) is 0. The van der Waals surface area contributed by atoms with E-state index in [9.17, 15) is 14.9 Å². The molecule has 0 saturated carbocycles. The van der Waals surface area contributed by atoms with Gasteiger partial charge < -0.3 is 10.1 Å². The van der Waals surface area contributed by atoms with E-state index >= 15 is 0 Å². The Morgan fingerprint density at radius 1 is 0.923 bits per heavy atom. The number of hydrogen-bond donors (Lipinski definition) is 1. The minimum Gasteiger partial charge on any atom is -0.484 e. The maximum absolute atomic E-state index is 12.1. The normalized spacial score (nSPS) is 10.2. The molecule has 0 heterocycles. The van der Waals surface area contributed by atoms with Crippen molar-refractivity contribution in [1.82, 2.24) is 0 Å². The molecule has 0 atom stereocenters. The van der Waals surface area contributed by atoms with Gasteiger partial charge in [0.1, 0.15) is 5.75 Å². The molecule has 3 aromatic rings. The number of benzene rings is 3. The van der Waals surface area contributed by atoms with E-state index in [2.05, 4.69) is 5.32 Å². The third-order valence-electron chi connectivity index (χ3n) is 3.65. The van der Waals surface area contributed by atoms with E-state index in [1.165, 1.54) is 12.1 Å². The molecule has 6 nitrogen and oxygen atoms in total. The van der Waals surface area contributed by atoms with Gasteiger partial charge in [-0.1, -0.05) is 42.5 Å². The Hall–Kier alpha value is -3.67. The van der Waals surface area contributed by atoms with E-state index in [1.807, 2.05) is 24.3 Å². The molecule has 0 spiro atoms. The van der Waals surface area contributed by atoms with Crippen molar-refractivity contribution < 1.29 is 14.5 Å². The number of anilines is 1. The van der Waals surface area contributed by atoms with Crippen LogP contribution in [0.4, 0.5) is 11.4 Å². The van der Waals surface area contributed by atoms with Crippen LogP contribution in [0.5, 0.6) is 5.75 Å². The van der Waals surface area contributed by atoms with Gasteiger partial charge in [0.2, 0.25) is 0 Å². The van der Waals surface area contributed by atoms with Crippen molar-refractivity contribution in [1.29, 1.82) is 0 Å². The van der Waals surface area contributed by atoms with Crippen LogP contribution in [-0.2, 0) is 4.79 Å². The maximum atomic E-state index is 12.1. The Morgan fingerprint density at radius 2 is 1.62 bits per heavy atom. The molecule has 0 aliphatic carbocycles. The Morgan fingerprint density at radius 3 is 2.35 bits per heavy atom. The second kappa shape index (κ2) is 7.94. The van der Waals surface area contributed by atoms with Crippen molar-refractivity contribution in [2.75, 3.05) is 11.9 Å². The van der Waals surface area contributed by atoms with Crippen LogP contribution in [0, 0.1) is 10.1 Å². The number of carbonyl (C=O) groups is 1. The molecular formula is C20H16N2O4. The van der Waals surface area contributed by atoms with Crippen molar-refractivity contribution in [3.63, 3.8) is 0 Å². The predicted octanol–water partition coefficient (Wildman–Crippen LogP) is 4.28. The van der Waals surface area contributed by atoms with Crippen molar-refractivity contribution in [2.24, 2.45) is 0 Å². The average molecular weight is 348 g/mol. The zero-order valence-corrected chi connectivity index (χ0v) is 13.8. The molecule has 0 radical (unpaired) electrons. The molecular weight excluding hydrogens is 332 g/mol. The van der Waals surface area contributed by atoms with Gasteiger partial charge in [-0.3, -0.25) is 14.9 Å². The van der Waals surface area contributed by atoms with Crippen LogP contribution >= 0.6 is 0 Å². The van der Waals surface area contributed by atoms with E-state index in [1.54, 1.807) is 42.5 Å². The van der Waals surface area contributed by atoms with Gasteiger partial charge in [-0.25, -0.2) is 0 Å². The minimum atomic E-state index is -0.434. The van der Waals surface area contributed by atoms with E-state index in [0.29, 0.717) is 17.0 Å². The summed E-state index contributed by atoms with van der Waals surface area (Å²) >= 11 is 0. The molecule has 3 aromatic carbocycles. The maximum Gasteiger partial charge on any atom is 0.270 e. The molecule has 1 amide bonds. The standard InChI is InChI=1S/C20H16N2O4/c23-20(14-26-19-10-2-1-3-11-19)21-17-8-4-6-15(12-17)16-7-5-9-18(13-16)22(24)25/h1-13H,14H2,(H,21,23). The Bertz CT molecular complexity index is 926. The quantitative estimate of drug-likeness (QED) is 0.532. The van der Waals surface area contributed by atoms with Crippen LogP contribution < -0.4 is 10.1 Å². The Kier molecular flexibility index (Phi) is 5.24. The average Bonchev–Trinajstić information content (AvgIpc) is 2.67. The number of amides is 1. The molecule has 0 unspecified atom stereocenters. The van der Waals surface area contributed by atoms with Gasteiger partial charge in [-0.05, 0) is 35.4 Å². The minimum absolute atomic E-state index is 0.0215. The molecule has 26 heavy (non-hydrogen) atoms. The first kappa shape index (κ1) is 17.2. The highest BCUT2D eigenvalue weighted by Crippen LogP contribution is 2.26. The first-order valence-corrected chi connectivity index (χ1v) is 7.94. The summed E-state index contributed by atoms with van der Waals surface area (Å²) in [5.41, 5.74) is 2.09. The third kappa shape index (κ3) is 4.45. The Balaban J connectivity index is 1.68. The lowest BCUT2D eigenvalue weighted by Gasteiger charge is -2.09. The highest BCUT2D eigenvalue weighted by atomic mass is 16.6. The van der Waals surface area contributed by atoms with Crippen molar-refractivity contribution >= 4 is 17.3 Å². The lowest BCUT2D eigenvalue weighted by atomic mass is 10.0. The molecule has 0 aliphatic heterocycles. The van der Waals surface area contributed by atoms with E-state index in [0.717, 1.165) is 5.56 Å². The summed E-state index contributed by atoms with van der Waals surface area (Å²) in [5.74, 6) is 0.332. The second-order valence-electron chi connectivity index (χ2n) is 5.54. The summed E-state index contributed by atoms with van der Waals surface area (Å²) in [4.78, 5) is 22.5. The molecule has 0 aliphatic rings. The molecule has 0 saturated heterocycles. The number of nitrogens with one attached hydrogen (secondary N) is 1. The molecule has 0 bridgehead atoms. The molecule has 6 heteroatoms. The number of nitro groups is 1. The first-order valence-electron chi connectivity index (χ1n) is 7.94. The van der Waals surface area contributed by atoms with Crippen LogP contribution in [0.1, 0.15) is 0 Å². The fourth-order valence-corrected chi connectivity index (χ4v) is 2.44. The lowest BCUT2D eigenvalue weighted by Crippen LogP contribution is -2.20. The largest absolute Gasteiger partial charge is 0.484 e. The highest BCUT2D eigenvalue weighted by Gasteiger charge is 2.09. The van der Waals surface area contributed by atoms with Crippen LogP contribution in [0.3, 0.4) is 0 Å². The van der Waals surface area contributed by atoms with E-state index < -0.39 is 4.92 Å². The van der Waals surface area contributed by atoms with Gasteiger partial charge in [-0.15, -0.1) is 0 Å². The first-order chi connectivity index (χ1) is 12.6. The summed E-state index contributed by atoms with van der Waals surface area (Å²) in [7, 11) is 0. The van der Waals surface area contributed by atoms with E-state index in [-0.39, 0.29) is 18.2 Å². The number of nitro benzene ring substituents is 1. The number of carbonyl (C=O) groups excluding carboxylic acids is 1. The predicted molar refractivity (Wildman–Crippen MR) is 99.1 cm³/mol. The second-order valence-corrected chi connectivity index (χ2v) is 5.54. The summed E-state index contributed by atoms with van der Waals surface area (Å²) in [6.45, 7) is -0.106. The third-order valence-corrected chi connectivity index (χ3v) is 3.65. The fourth-order valence-electron chi connectivity index (χ4n) is 2.44. The Labute approximate surface area is 150 Å². The van der Waals surface area contributed by atoms with Crippen LogP contribution in [0.25, 0.3) is 11.1 Å². The zero-order valence-electron chi connectivity index (χ0n) is 13.8. The SMILES string of the molecule is O=C(COc1ccccc1)Nc1cccc(-c2cccc([N+](=O)[O-])c2)c1. The van der Waals surface area contributed by atoms with Crippen LogP contribution in [0.15, 0.2) is 78.9 Å². The highest BCUT2D eigenvalue weighted by molar-refractivity contribution is 5.92. The number of para-hydroxylation sites is 1. The smallest absolute Gasteiger partial charge is 0.270 e. The lowest BCUT2D eigenvalue weighted by molar-refractivity contribution is -0.384. The fraction of sp³-hybridized carbons (Fsp3) is 0.0500. The molecule has 130 valence electrons. The van der Waals surface area contributed by atoms with Crippen LogP contribution in [-0.4, -0.2) is 17.4 Å². The topological polar surface area (TPSA) is 81.5 Å². The number of rotatable bonds is 6. The van der Waals surface area contributed by atoms with Crippen molar-refractivity contribution in [3.8, 4) is 16.9 Å². The van der Waals surface area contributed by atoms with E-state index in [4.69, 9.17) is 4.74 Å². The molecule has 0 fully saturated rings. The monoisotopic (exact) mass is 348 g/mol. The summed E-state index contributed by atoms with van der Waals surface area (Å²) in [6, 6.07) is 22.6. The van der Waals surface area contributed by atoms with Crippen molar-refractivity contribution in [2.45, 2.75) is 0 Å². The summed E-state index contributed by atoms with van der Waals surface area (Å²) in [5, 5.41) is 13.7. The molecule has 3 rings (SSSR count).